The highest BCUT2D eigenvalue weighted by Gasteiger charge is 2.28. The topological polar surface area (TPSA) is 72.4 Å². The third kappa shape index (κ3) is 2.65. The number of nitrogen functional groups attached to an aromatic ring is 1. The number of hydrogen-bond acceptors (Lipinski definition) is 3. The van der Waals surface area contributed by atoms with Crippen LogP contribution < -0.4 is 16.4 Å². The van der Waals surface area contributed by atoms with E-state index in [2.05, 4.69) is 27.5 Å². The zero-order valence-corrected chi connectivity index (χ0v) is 11.7. The van der Waals surface area contributed by atoms with Gasteiger partial charge in [-0.15, -0.1) is 0 Å². The Morgan fingerprint density at radius 1 is 1.41 bits per heavy atom. The fourth-order valence-electron chi connectivity index (χ4n) is 2.27. The van der Waals surface area contributed by atoms with Crippen LogP contribution >= 0.6 is 22.6 Å². The Balaban J connectivity index is 2.32. The molecule has 4 N–H and O–H groups in total. The van der Waals surface area contributed by atoms with Crippen LogP contribution in [-0.4, -0.2) is 18.5 Å². The summed E-state index contributed by atoms with van der Waals surface area (Å²) < 4.78 is 1.07. The lowest BCUT2D eigenvalue weighted by Crippen LogP contribution is -2.48. The molecule has 0 radical (unpaired) electrons. The lowest BCUT2D eigenvalue weighted by atomic mass is 10.0. The number of primary amides is 1. The molecule has 1 aromatic carbocycles. The summed E-state index contributed by atoms with van der Waals surface area (Å²) in [5.74, 6) is -0.239. The van der Waals surface area contributed by atoms with E-state index in [4.69, 9.17) is 11.5 Å². The molecule has 1 aliphatic heterocycles. The third-order valence-corrected chi connectivity index (χ3v) is 3.98. The Morgan fingerprint density at radius 2 is 2.18 bits per heavy atom. The van der Waals surface area contributed by atoms with E-state index in [1.54, 1.807) is 0 Å². The second-order valence-electron chi connectivity index (χ2n) is 4.32. The molecule has 1 unspecified atom stereocenters. The van der Waals surface area contributed by atoms with Gasteiger partial charge in [-0.25, -0.2) is 0 Å². The number of carbonyl (C=O) groups excluding carboxylic acids is 1. The average molecular weight is 345 g/mol. The van der Waals surface area contributed by atoms with Crippen LogP contribution in [-0.2, 0) is 4.79 Å². The summed E-state index contributed by atoms with van der Waals surface area (Å²) in [4.78, 5) is 13.6. The van der Waals surface area contributed by atoms with Crippen molar-refractivity contribution >= 4 is 39.9 Å². The lowest BCUT2D eigenvalue weighted by Gasteiger charge is -2.36. The standard InChI is InChI=1S/C12H16IN3O/c13-9-7-8(14)4-5-10(9)16-6-2-1-3-11(16)12(15)17/h4-5,7,11H,1-3,6,14H2,(H2,15,17). The van der Waals surface area contributed by atoms with Gasteiger partial charge in [0, 0.05) is 15.8 Å². The smallest absolute Gasteiger partial charge is 0.240 e. The van der Waals surface area contributed by atoms with Gasteiger partial charge in [0.25, 0.3) is 0 Å². The molecule has 92 valence electrons. The summed E-state index contributed by atoms with van der Waals surface area (Å²) in [6.07, 6.45) is 3.01. The second kappa shape index (κ2) is 5.12. The van der Waals surface area contributed by atoms with Crippen LogP contribution in [0.1, 0.15) is 19.3 Å². The molecule has 1 atom stereocenters. The van der Waals surface area contributed by atoms with Gasteiger partial charge in [-0.1, -0.05) is 0 Å². The Bertz CT molecular complexity index is 436. The van der Waals surface area contributed by atoms with E-state index in [1.807, 2.05) is 18.2 Å². The van der Waals surface area contributed by atoms with Crippen LogP contribution in [0.4, 0.5) is 11.4 Å². The molecular weight excluding hydrogens is 329 g/mol. The summed E-state index contributed by atoms with van der Waals surface area (Å²) in [5, 5.41) is 0. The minimum atomic E-state index is -0.239. The number of rotatable bonds is 2. The maximum absolute atomic E-state index is 11.5. The van der Waals surface area contributed by atoms with Crippen LogP contribution in [0, 0.1) is 3.57 Å². The van der Waals surface area contributed by atoms with Crippen molar-refractivity contribution < 1.29 is 4.79 Å². The van der Waals surface area contributed by atoms with Crippen molar-refractivity contribution in [3.63, 3.8) is 0 Å². The highest BCUT2D eigenvalue weighted by atomic mass is 127. The Kier molecular flexibility index (Phi) is 3.76. The average Bonchev–Trinajstić information content (AvgIpc) is 2.29. The van der Waals surface area contributed by atoms with Gasteiger partial charge < -0.3 is 16.4 Å². The van der Waals surface area contributed by atoms with Crippen molar-refractivity contribution in [2.45, 2.75) is 25.3 Å². The Labute approximate surface area is 114 Å². The van der Waals surface area contributed by atoms with Crippen LogP contribution in [0.3, 0.4) is 0 Å². The first-order valence-electron chi connectivity index (χ1n) is 5.70. The number of halogens is 1. The number of nitrogens with two attached hydrogens (primary N) is 2. The van der Waals surface area contributed by atoms with E-state index < -0.39 is 0 Å². The number of nitrogens with zero attached hydrogens (tertiary/aromatic N) is 1. The first-order valence-corrected chi connectivity index (χ1v) is 6.78. The predicted octanol–water partition coefficient (Wildman–Crippen LogP) is 1.72. The van der Waals surface area contributed by atoms with Crippen molar-refractivity contribution in [3.8, 4) is 0 Å². The zero-order chi connectivity index (χ0) is 12.4. The summed E-state index contributed by atoms with van der Waals surface area (Å²) in [6.45, 7) is 0.882. The molecule has 5 heteroatoms. The molecule has 0 saturated carbocycles. The molecule has 1 amide bonds. The third-order valence-electron chi connectivity index (χ3n) is 3.11. The highest BCUT2D eigenvalue weighted by molar-refractivity contribution is 14.1. The summed E-state index contributed by atoms with van der Waals surface area (Å²) in [7, 11) is 0. The molecule has 1 heterocycles. The predicted molar refractivity (Wildman–Crippen MR) is 77.8 cm³/mol. The number of benzene rings is 1. The maximum atomic E-state index is 11.5. The van der Waals surface area contributed by atoms with Crippen molar-refractivity contribution in [1.82, 2.24) is 0 Å². The fraction of sp³-hybridized carbons (Fsp3) is 0.417. The SMILES string of the molecule is NC(=O)C1CCCCN1c1ccc(N)cc1I. The van der Waals surface area contributed by atoms with E-state index in [1.165, 1.54) is 0 Å². The molecule has 1 aromatic rings. The van der Waals surface area contributed by atoms with Gasteiger partial charge in [0.1, 0.15) is 6.04 Å². The van der Waals surface area contributed by atoms with Crippen molar-refractivity contribution in [2.24, 2.45) is 5.73 Å². The number of anilines is 2. The molecule has 0 bridgehead atoms. The second-order valence-corrected chi connectivity index (χ2v) is 5.48. The molecule has 4 nitrogen and oxygen atoms in total. The van der Waals surface area contributed by atoms with Crippen molar-refractivity contribution in [2.75, 3.05) is 17.2 Å². The van der Waals surface area contributed by atoms with Gasteiger partial charge >= 0.3 is 0 Å². The van der Waals surface area contributed by atoms with Gasteiger partial charge in [-0.2, -0.15) is 0 Å². The van der Waals surface area contributed by atoms with Crippen LogP contribution in [0.5, 0.6) is 0 Å². The highest BCUT2D eigenvalue weighted by Crippen LogP contribution is 2.30. The molecular formula is C12H16IN3O. The van der Waals surface area contributed by atoms with Gasteiger partial charge in [0.15, 0.2) is 0 Å². The normalized spacial score (nSPS) is 20.3. The van der Waals surface area contributed by atoms with Gasteiger partial charge in [-0.05, 0) is 60.1 Å². The summed E-state index contributed by atoms with van der Waals surface area (Å²) in [6, 6.07) is 5.58. The molecule has 0 aromatic heterocycles. The molecule has 17 heavy (non-hydrogen) atoms. The summed E-state index contributed by atoms with van der Waals surface area (Å²) >= 11 is 2.25. The van der Waals surface area contributed by atoms with Gasteiger partial charge in [0.05, 0.1) is 5.69 Å². The molecule has 0 spiro atoms. The van der Waals surface area contributed by atoms with Crippen LogP contribution in [0.15, 0.2) is 18.2 Å². The van der Waals surface area contributed by atoms with Gasteiger partial charge in [-0.3, -0.25) is 4.79 Å². The van der Waals surface area contributed by atoms with Crippen molar-refractivity contribution in [1.29, 1.82) is 0 Å². The van der Waals surface area contributed by atoms with Crippen LogP contribution in [0.2, 0.25) is 0 Å². The number of piperidine rings is 1. The van der Waals surface area contributed by atoms with Crippen molar-refractivity contribution in [3.05, 3.63) is 21.8 Å². The summed E-state index contributed by atoms with van der Waals surface area (Å²) in [5.41, 5.74) is 13.0. The van der Waals surface area contributed by atoms with Gasteiger partial charge in [0.2, 0.25) is 5.91 Å². The van der Waals surface area contributed by atoms with Crippen LogP contribution in [0.25, 0.3) is 0 Å². The molecule has 2 rings (SSSR count). The maximum Gasteiger partial charge on any atom is 0.240 e. The number of hydrogen-bond donors (Lipinski definition) is 2. The Hall–Kier alpha value is -0.980. The molecule has 1 saturated heterocycles. The largest absolute Gasteiger partial charge is 0.399 e. The number of carbonyl (C=O) groups is 1. The van der Waals surface area contributed by atoms with E-state index in [0.717, 1.165) is 40.8 Å². The quantitative estimate of drug-likeness (QED) is 0.633. The molecule has 1 aliphatic rings. The fourth-order valence-corrected chi connectivity index (χ4v) is 3.12. The lowest BCUT2D eigenvalue weighted by molar-refractivity contribution is -0.119. The zero-order valence-electron chi connectivity index (χ0n) is 9.53. The van der Waals surface area contributed by atoms with E-state index >= 15 is 0 Å². The monoisotopic (exact) mass is 345 g/mol. The molecule has 0 aliphatic carbocycles. The first-order chi connectivity index (χ1) is 8.09. The minimum Gasteiger partial charge on any atom is -0.399 e. The van der Waals surface area contributed by atoms with E-state index in [0.29, 0.717) is 0 Å². The first kappa shape index (κ1) is 12.5. The molecule has 1 fully saturated rings. The van der Waals surface area contributed by atoms with E-state index in [9.17, 15) is 4.79 Å². The Morgan fingerprint density at radius 3 is 2.82 bits per heavy atom. The van der Waals surface area contributed by atoms with E-state index in [-0.39, 0.29) is 11.9 Å². The number of amides is 1. The minimum absolute atomic E-state index is 0.180.